The van der Waals surface area contributed by atoms with Crippen molar-refractivity contribution in [2.75, 3.05) is 0 Å². The van der Waals surface area contributed by atoms with Crippen molar-refractivity contribution in [3.8, 4) is 0 Å². The van der Waals surface area contributed by atoms with Crippen molar-refractivity contribution in [1.82, 2.24) is 15.0 Å². The van der Waals surface area contributed by atoms with E-state index < -0.39 is 22.0 Å². The third-order valence-corrected chi connectivity index (χ3v) is 6.03. The molecule has 0 saturated carbocycles. The highest BCUT2D eigenvalue weighted by Gasteiger charge is 2.22. The molecule has 0 fully saturated rings. The molecule has 0 radical (unpaired) electrons. The molecule has 2 rings (SSSR count). The average molecular weight is 417 g/mol. The van der Waals surface area contributed by atoms with Gasteiger partial charge in [-0.25, -0.2) is 13.1 Å². The van der Waals surface area contributed by atoms with Crippen LogP contribution in [-0.4, -0.2) is 34.4 Å². The molecule has 2 aromatic rings. The Morgan fingerprint density at radius 2 is 1.63 bits per heavy atom. The second-order valence-electron chi connectivity index (χ2n) is 7.67. The van der Waals surface area contributed by atoms with Crippen molar-refractivity contribution in [3.05, 3.63) is 36.0 Å². The third-order valence-electron chi connectivity index (χ3n) is 3.00. The molecule has 0 bridgehead atoms. The predicted molar refractivity (Wildman–Crippen MR) is 108 cm³/mol. The molecule has 0 aliphatic rings. The van der Waals surface area contributed by atoms with E-state index in [1.54, 1.807) is 12.1 Å². The summed E-state index contributed by atoms with van der Waals surface area (Å²) >= 11 is 0. The second kappa shape index (κ2) is 10.0. The van der Waals surface area contributed by atoms with Crippen molar-refractivity contribution >= 4 is 28.2 Å². The van der Waals surface area contributed by atoms with Gasteiger partial charge in [0.1, 0.15) is 34.9 Å². The van der Waals surface area contributed by atoms with Crippen LogP contribution in [0.1, 0.15) is 65.9 Å². The first-order chi connectivity index (χ1) is 12.4. The second-order valence-corrected chi connectivity index (χ2v) is 11.6. The van der Waals surface area contributed by atoms with Crippen LogP contribution in [0.25, 0.3) is 0 Å². The first-order valence-corrected chi connectivity index (χ1v) is 10.6. The van der Waals surface area contributed by atoms with Crippen LogP contribution in [0.15, 0.2) is 38.1 Å². The van der Waals surface area contributed by atoms with Gasteiger partial charge in [-0.3, -0.25) is 0 Å². The Labute approximate surface area is 165 Å². The molecule has 1 N–H and O–H groups in total. The van der Waals surface area contributed by atoms with E-state index in [4.69, 9.17) is 4.52 Å². The third kappa shape index (κ3) is 8.72. The van der Waals surface area contributed by atoms with Crippen LogP contribution in [0.3, 0.4) is 0 Å². The lowest BCUT2D eigenvalue weighted by atomic mass is 10.3. The fourth-order valence-electron chi connectivity index (χ4n) is 1.39. The normalized spacial score (nSPS) is 15.8. The standard InChI is InChI=1S/C9H16N2O2S.C8H12N2O2S/c1-7(8-5-6-13-10-8)11-14(12)9(2,3)4;1-8(2,3)13(11)9-6-7-4-5-12-10-7/h5-7,11H,1-4H3;4-6H,1-3H3. The number of nitrogens with one attached hydrogen (secondary N) is 1. The summed E-state index contributed by atoms with van der Waals surface area (Å²) in [6.07, 6.45) is 4.40. The van der Waals surface area contributed by atoms with E-state index in [1.165, 1.54) is 18.7 Å². The van der Waals surface area contributed by atoms with E-state index in [0.717, 1.165) is 5.69 Å². The maximum absolute atomic E-state index is 11.7. The molecule has 0 aromatic carbocycles. The zero-order chi connectivity index (χ0) is 20.7. The van der Waals surface area contributed by atoms with Crippen molar-refractivity contribution in [1.29, 1.82) is 0 Å². The van der Waals surface area contributed by atoms with Crippen LogP contribution in [0, 0.1) is 0 Å². The summed E-state index contributed by atoms with van der Waals surface area (Å²) in [4.78, 5) is 0. The SMILES string of the molecule is CC(C)(C)S(=O)N=Cc1ccon1.CC(NS(=O)C(C)(C)C)c1ccon1. The molecule has 8 nitrogen and oxygen atoms in total. The quantitative estimate of drug-likeness (QED) is 0.748. The first-order valence-electron chi connectivity index (χ1n) is 8.36. The Morgan fingerprint density at radius 3 is 2.07 bits per heavy atom. The summed E-state index contributed by atoms with van der Waals surface area (Å²) in [6, 6.07) is 3.36. The lowest BCUT2D eigenvalue weighted by Crippen LogP contribution is -2.34. The van der Waals surface area contributed by atoms with Crippen LogP contribution in [0.2, 0.25) is 0 Å². The van der Waals surface area contributed by atoms with E-state index in [-0.39, 0.29) is 15.5 Å². The maximum Gasteiger partial charge on any atom is 0.144 e. The number of rotatable bonds is 5. The van der Waals surface area contributed by atoms with Crippen LogP contribution in [0.4, 0.5) is 0 Å². The lowest BCUT2D eigenvalue weighted by molar-refractivity contribution is 0.405. The molecule has 3 unspecified atom stereocenters. The van der Waals surface area contributed by atoms with Crippen LogP contribution >= 0.6 is 0 Å². The highest BCUT2D eigenvalue weighted by molar-refractivity contribution is 7.85. The fraction of sp³-hybridized carbons (Fsp3) is 0.588. The van der Waals surface area contributed by atoms with Gasteiger partial charge in [-0.2, -0.15) is 4.40 Å². The summed E-state index contributed by atoms with van der Waals surface area (Å²) in [5, 5.41) is 7.39. The Morgan fingerprint density at radius 1 is 1.04 bits per heavy atom. The monoisotopic (exact) mass is 416 g/mol. The van der Waals surface area contributed by atoms with E-state index in [0.29, 0.717) is 5.69 Å². The zero-order valence-corrected chi connectivity index (χ0v) is 18.4. The minimum absolute atomic E-state index is 0.0613. The summed E-state index contributed by atoms with van der Waals surface area (Å²) in [5.41, 5.74) is 1.35. The van der Waals surface area contributed by atoms with Gasteiger partial charge in [-0.15, -0.1) is 0 Å². The summed E-state index contributed by atoms with van der Waals surface area (Å²) in [6.45, 7) is 13.3. The molecule has 0 aliphatic carbocycles. The Hall–Kier alpha value is -1.65. The van der Waals surface area contributed by atoms with E-state index in [1.807, 2.05) is 48.5 Å². The van der Waals surface area contributed by atoms with Crippen molar-refractivity contribution in [2.45, 2.75) is 64.0 Å². The van der Waals surface area contributed by atoms with Gasteiger partial charge < -0.3 is 9.05 Å². The molecule has 0 aliphatic heterocycles. The summed E-state index contributed by atoms with van der Waals surface area (Å²) < 4.78 is 38.7. The minimum atomic E-state index is -1.23. The lowest BCUT2D eigenvalue weighted by Gasteiger charge is -2.20. The highest BCUT2D eigenvalue weighted by atomic mass is 32.2. The molecular weight excluding hydrogens is 388 g/mol. The largest absolute Gasteiger partial charge is 0.364 e. The molecule has 3 atom stereocenters. The molecule has 152 valence electrons. The Balaban J connectivity index is 0.000000271. The molecule has 2 aromatic heterocycles. The topological polar surface area (TPSA) is 111 Å². The first kappa shape index (κ1) is 23.4. The Bertz CT molecular complexity index is 745. The van der Waals surface area contributed by atoms with E-state index in [9.17, 15) is 8.42 Å². The molecule has 0 spiro atoms. The van der Waals surface area contributed by atoms with Gasteiger partial charge in [0.15, 0.2) is 0 Å². The number of aromatic nitrogens is 2. The number of nitrogens with zero attached hydrogens (tertiary/aromatic N) is 3. The van der Waals surface area contributed by atoms with Crippen molar-refractivity contribution in [3.63, 3.8) is 0 Å². The van der Waals surface area contributed by atoms with Gasteiger partial charge in [0.25, 0.3) is 0 Å². The van der Waals surface area contributed by atoms with Gasteiger partial charge in [0.2, 0.25) is 0 Å². The van der Waals surface area contributed by atoms with Crippen LogP contribution in [-0.2, 0) is 22.0 Å². The Kier molecular flexibility index (Phi) is 8.70. The molecule has 0 saturated heterocycles. The fourth-order valence-corrected chi connectivity index (χ4v) is 2.71. The van der Waals surface area contributed by atoms with Gasteiger partial charge in [0, 0.05) is 12.1 Å². The predicted octanol–water partition coefficient (Wildman–Crippen LogP) is 3.34. The van der Waals surface area contributed by atoms with E-state index in [2.05, 4.69) is 24.0 Å². The highest BCUT2D eigenvalue weighted by Crippen LogP contribution is 2.15. The zero-order valence-electron chi connectivity index (χ0n) is 16.8. The van der Waals surface area contributed by atoms with Crippen molar-refractivity contribution in [2.24, 2.45) is 4.40 Å². The van der Waals surface area contributed by atoms with Crippen molar-refractivity contribution < 1.29 is 17.5 Å². The van der Waals surface area contributed by atoms with Gasteiger partial charge >= 0.3 is 0 Å². The summed E-state index contributed by atoms with van der Waals surface area (Å²) in [5.74, 6) is 0. The van der Waals surface area contributed by atoms with Gasteiger partial charge in [-0.05, 0) is 48.5 Å². The van der Waals surface area contributed by atoms with Crippen LogP contribution < -0.4 is 4.72 Å². The molecular formula is C17H28N4O4S2. The average Bonchev–Trinajstić information content (AvgIpc) is 3.24. The molecule has 27 heavy (non-hydrogen) atoms. The maximum atomic E-state index is 11.7. The number of hydrogen-bond donors (Lipinski definition) is 1. The van der Waals surface area contributed by atoms with Crippen LogP contribution in [0.5, 0.6) is 0 Å². The smallest absolute Gasteiger partial charge is 0.144 e. The van der Waals surface area contributed by atoms with E-state index >= 15 is 0 Å². The molecule has 0 amide bonds. The van der Waals surface area contributed by atoms with Gasteiger partial charge in [-0.1, -0.05) is 10.3 Å². The molecule has 2 heterocycles. The minimum Gasteiger partial charge on any atom is -0.364 e. The number of hydrogen-bond acceptors (Lipinski definition) is 6. The van der Waals surface area contributed by atoms with Gasteiger partial charge in [0.05, 0.1) is 32.7 Å². The molecule has 10 heteroatoms. The summed E-state index contributed by atoms with van der Waals surface area (Å²) in [7, 11) is -2.32.